The number of carbonyl (C=O) groups is 1. The van der Waals surface area contributed by atoms with E-state index in [0.29, 0.717) is 18.2 Å². The smallest absolute Gasteiger partial charge is 0.254 e. The molecule has 0 bridgehead atoms. The van der Waals surface area contributed by atoms with Crippen LogP contribution in [-0.4, -0.2) is 28.5 Å². The molecule has 0 radical (unpaired) electrons. The Bertz CT molecular complexity index is 450. The van der Waals surface area contributed by atoms with E-state index in [1.165, 1.54) is 0 Å². The van der Waals surface area contributed by atoms with E-state index in [-0.39, 0.29) is 11.7 Å². The van der Waals surface area contributed by atoms with Crippen LogP contribution >= 0.6 is 0 Å². The van der Waals surface area contributed by atoms with Crippen LogP contribution in [0.4, 0.5) is 0 Å². The van der Waals surface area contributed by atoms with Crippen LogP contribution in [0.1, 0.15) is 28.8 Å². The maximum Gasteiger partial charge on any atom is 0.254 e. The lowest BCUT2D eigenvalue weighted by atomic mass is 10.1. The molecule has 1 aliphatic rings. The van der Waals surface area contributed by atoms with Gasteiger partial charge in [-0.3, -0.25) is 4.79 Å². The van der Waals surface area contributed by atoms with E-state index in [2.05, 4.69) is 6.58 Å². The molecule has 0 atom stereocenters. The molecule has 1 N–H and O–H groups in total. The lowest BCUT2D eigenvalue weighted by molar-refractivity contribution is 0.0762. The SMILES string of the molecule is C=CCN(C(=O)c1ccc(O)c(C)c1)C1CC1. The second kappa shape index (κ2) is 4.62. The minimum atomic E-state index is 0.0236. The maximum atomic E-state index is 12.3. The third kappa shape index (κ3) is 2.49. The second-order valence-corrected chi connectivity index (χ2v) is 4.48. The molecular formula is C14H17NO2. The number of aromatic hydroxyl groups is 1. The molecule has 1 aliphatic carbocycles. The van der Waals surface area contributed by atoms with Crippen molar-refractivity contribution in [1.82, 2.24) is 4.90 Å². The van der Waals surface area contributed by atoms with Gasteiger partial charge in [-0.1, -0.05) is 6.08 Å². The quantitative estimate of drug-likeness (QED) is 0.809. The van der Waals surface area contributed by atoms with Crippen LogP contribution < -0.4 is 0 Å². The monoisotopic (exact) mass is 231 g/mol. The number of rotatable bonds is 4. The number of aryl methyl sites for hydroxylation is 1. The van der Waals surface area contributed by atoms with Crippen molar-refractivity contribution in [2.24, 2.45) is 0 Å². The molecule has 1 fully saturated rings. The molecule has 17 heavy (non-hydrogen) atoms. The zero-order valence-electron chi connectivity index (χ0n) is 10.0. The van der Waals surface area contributed by atoms with Gasteiger partial charge in [0.2, 0.25) is 0 Å². The van der Waals surface area contributed by atoms with Crippen LogP contribution in [0.25, 0.3) is 0 Å². The molecule has 1 amide bonds. The fraction of sp³-hybridized carbons (Fsp3) is 0.357. The van der Waals surface area contributed by atoms with E-state index in [0.717, 1.165) is 18.4 Å². The number of carbonyl (C=O) groups excluding carboxylic acids is 1. The average Bonchev–Trinajstić information content (AvgIpc) is 3.13. The van der Waals surface area contributed by atoms with Crippen molar-refractivity contribution in [2.75, 3.05) is 6.54 Å². The topological polar surface area (TPSA) is 40.5 Å². The highest BCUT2D eigenvalue weighted by molar-refractivity contribution is 5.95. The Labute approximate surface area is 101 Å². The number of hydrogen-bond donors (Lipinski definition) is 1. The molecule has 0 saturated heterocycles. The number of hydrogen-bond acceptors (Lipinski definition) is 2. The molecule has 2 rings (SSSR count). The Morgan fingerprint density at radius 3 is 2.82 bits per heavy atom. The van der Waals surface area contributed by atoms with Gasteiger partial charge in [-0.2, -0.15) is 0 Å². The number of phenols is 1. The summed E-state index contributed by atoms with van der Waals surface area (Å²) in [6, 6.07) is 5.34. The van der Waals surface area contributed by atoms with E-state index >= 15 is 0 Å². The molecule has 0 heterocycles. The predicted octanol–water partition coefficient (Wildman–Crippen LogP) is 2.49. The van der Waals surface area contributed by atoms with Crippen LogP contribution in [0.15, 0.2) is 30.9 Å². The van der Waals surface area contributed by atoms with E-state index < -0.39 is 0 Å². The van der Waals surface area contributed by atoms with Gasteiger partial charge in [0.25, 0.3) is 5.91 Å². The normalized spacial score (nSPS) is 14.4. The first kappa shape index (κ1) is 11.7. The summed E-state index contributed by atoms with van der Waals surface area (Å²) >= 11 is 0. The molecule has 0 unspecified atom stereocenters. The van der Waals surface area contributed by atoms with E-state index in [9.17, 15) is 9.90 Å². The number of phenolic OH excluding ortho intramolecular Hbond substituents is 1. The Morgan fingerprint density at radius 1 is 1.59 bits per heavy atom. The summed E-state index contributed by atoms with van der Waals surface area (Å²) in [5, 5.41) is 9.45. The van der Waals surface area contributed by atoms with Crippen molar-refractivity contribution in [3.8, 4) is 5.75 Å². The van der Waals surface area contributed by atoms with Gasteiger partial charge < -0.3 is 10.0 Å². The molecule has 1 aromatic rings. The Balaban J connectivity index is 2.21. The summed E-state index contributed by atoms with van der Waals surface area (Å²) < 4.78 is 0. The molecule has 1 saturated carbocycles. The first-order chi connectivity index (χ1) is 8.13. The zero-order valence-corrected chi connectivity index (χ0v) is 10.0. The standard InChI is InChI=1S/C14H17NO2/c1-3-8-15(12-5-6-12)14(17)11-4-7-13(16)10(2)9-11/h3-4,7,9,12,16H,1,5-6,8H2,2H3. The first-order valence-corrected chi connectivity index (χ1v) is 5.85. The highest BCUT2D eigenvalue weighted by atomic mass is 16.3. The van der Waals surface area contributed by atoms with Gasteiger partial charge in [0, 0.05) is 18.2 Å². The van der Waals surface area contributed by atoms with Gasteiger partial charge in [0.1, 0.15) is 5.75 Å². The fourth-order valence-electron chi connectivity index (χ4n) is 1.88. The van der Waals surface area contributed by atoms with Crippen LogP contribution in [0.5, 0.6) is 5.75 Å². The number of benzene rings is 1. The van der Waals surface area contributed by atoms with Gasteiger partial charge in [-0.15, -0.1) is 6.58 Å². The van der Waals surface area contributed by atoms with Crippen molar-refractivity contribution in [3.63, 3.8) is 0 Å². The first-order valence-electron chi connectivity index (χ1n) is 5.85. The largest absolute Gasteiger partial charge is 0.508 e. The summed E-state index contributed by atoms with van der Waals surface area (Å²) in [5.74, 6) is 0.249. The van der Waals surface area contributed by atoms with Crippen LogP contribution in [0.2, 0.25) is 0 Å². The minimum Gasteiger partial charge on any atom is -0.508 e. The fourth-order valence-corrected chi connectivity index (χ4v) is 1.88. The van der Waals surface area contributed by atoms with Gasteiger partial charge in [0.15, 0.2) is 0 Å². The molecular weight excluding hydrogens is 214 g/mol. The van der Waals surface area contributed by atoms with Crippen LogP contribution in [-0.2, 0) is 0 Å². The van der Waals surface area contributed by atoms with Crippen LogP contribution in [0.3, 0.4) is 0 Å². The summed E-state index contributed by atoms with van der Waals surface area (Å²) in [7, 11) is 0. The highest BCUT2D eigenvalue weighted by Crippen LogP contribution is 2.28. The molecule has 1 aromatic carbocycles. The molecule has 0 aliphatic heterocycles. The third-order valence-corrected chi connectivity index (χ3v) is 3.02. The van der Waals surface area contributed by atoms with Crippen molar-refractivity contribution in [3.05, 3.63) is 42.0 Å². The Kier molecular flexibility index (Phi) is 3.18. The summed E-state index contributed by atoms with van der Waals surface area (Å²) in [6.07, 6.45) is 3.91. The van der Waals surface area contributed by atoms with Crippen LogP contribution in [0, 0.1) is 6.92 Å². The van der Waals surface area contributed by atoms with Crippen molar-refractivity contribution < 1.29 is 9.90 Å². The lowest BCUT2D eigenvalue weighted by Gasteiger charge is -2.20. The van der Waals surface area contributed by atoms with Crippen molar-refractivity contribution in [2.45, 2.75) is 25.8 Å². The second-order valence-electron chi connectivity index (χ2n) is 4.48. The summed E-state index contributed by atoms with van der Waals surface area (Å²) in [4.78, 5) is 14.1. The van der Waals surface area contributed by atoms with Gasteiger partial charge >= 0.3 is 0 Å². The van der Waals surface area contributed by atoms with E-state index in [1.807, 2.05) is 4.90 Å². The molecule has 0 spiro atoms. The molecule has 0 aromatic heterocycles. The molecule has 3 nitrogen and oxygen atoms in total. The number of amides is 1. The van der Waals surface area contributed by atoms with Gasteiger partial charge in [-0.05, 0) is 43.5 Å². The van der Waals surface area contributed by atoms with Gasteiger partial charge in [-0.25, -0.2) is 0 Å². The minimum absolute atomic E-state index is 0.0236. The zero-order chi connectivity index (χ0) is 12.4. The summed E-state index contributed by atoms with van der Waals surface area (Å²) in [5.41, 5.74) is 1.36. The number of nitrogens with zero attached hydrogens (tertiary/aromatic N) is 1. The lowest BCUT2D eigenvalue weighted by Crippen LogP contribution is -2.33. The highest BCUT2D eigenvalue weighted by Gasteiger charge is 2.32. The maximum absolute atomic E-state index is 12.3. The third-order valence-electron chi connectivity index (χ3n) is 3.02. The van der Waals surface area contributed by atoms with Gasteiger partial charge in [0.05, 0.1) is 0 Å². The predicted molar refractivity (Wildman–Crippen MR) is 67.1 cm³/mol. The molecule has 3 heteroatoms. The Hall–Kier alpha value is -1.77. The van der Waals surface area contributed by atoms with Crippen molar-refractivity contribution in [1.29, 1.82) is 0 Å². The van der Waals surface area contributed by atoms with E-state index in [1.54, 1.807) is 31.2 Å². The Morgan fingerprint density at radius 2 is 2.29 bits per heavy atom. The van der Waals surface area contributed by atoms with Crippen molar-refractivity contribution >= 4 is 5.91 Å². The molecule has 90 valence electrons. The average molecular weight is 231 g/mol. The summed E-state index contributed by atoms with van der Waals surface area (Å²) in [6.45, 7) is 6.06. The van der Waals surface area contributed by atoms with E-state index in [4.69, 9.17) is 0 Å².